The fourth-order valence-electron chi connectivity index (χ4n) is 2.14. The Morgan fingerprint density at radius 1 is 1.03 bits per heavy atom. The Balaban J connectivity index is 2.49. The van der Waals surface area contributed by atoms with Crippen LogP contribution in [-0.4, -0.2) is 34.2 Å². The van der Waals surface area contributed by atoms with Crippen LogP contribution in [0.1, 0.15) is 12.5 Å². The molecule has 0 fully saturated rings. The van der Waals surface area contributed by atoms with Crippen LogP contribution in [-0.2, 0) is 10.1 Å². The minimum atomic E-state index is -7.07. The van der Waals surface area contributed by atoms with E-state index in [1.54, 1.807) is 6.92 Å². The van der Waals surface area contributed by atoms with Crippen LogP contribution in [0.25, 0.3) is 5.82 Å². The molecule has 0 aliphatic carbocycles. The van der Waals surface area contributed by atoms with E-state index in [1.807, 2.05) is 0 Å². The van der Waals surface area contributed by atoms with Crippen molar-refractivity contribution in [3.63, 3.8) is 0 Å². The normalized spacial score (nSPS) is 13.4. The van der Waals surface area contributed by atoms with Gasteiger partial charge in [-0.1, -0.05) is 0 Å². The fraction of sp³-hybridized carbons (Fsp3) is 0.375. The van der Waals surface area contributed by atoms with E-state index in [9.17, 15) is 44.3 Å². The maximum Gasteiger partial charge on any atom is 0.460 e. The van der Waals surface area contributed by atoms with E-state index in [-0.39, 0.29) is 30.3 Å². The zero-order valence-corrected chi connectivity index (χ0v) is 15.9. The lowest BCUT2D eigenvalue weighted by Gasteiger charge is -2.33. The predicted molar refractivity (Wildman–Crippen MR) is 89.5 cm³/mol. The molecule has 172 valence electrons. The highest BCUT2D eigenvalue weighted by Crippen LogP contribution is 2.56. The second-order valence-corrected chi connectivity index (χ2v) is 6.27. The molecular weight excluding hydrogens is 471 g/mol. The summed E-state index contributed by atoms with van der Waals surface area (Å²) < 4.78 is 129. The average molecular weight is 482 g/mol. The number of aromatic nitrogens is 2. The molecule has 5 nitrogen and oxygen atoms in total. The molecule has 0 saturated carbocycles. The first-order chi connectivity index (χ1) is 14.2. The zero-order valence-electron chi connectivity index (χ0n) is 15.1. The highest BCUT2D eigenvalue weighted by molar-refractivity contribution is 7.90. The van der Waals surface area contributed by atoms with Gasteiger partial charge in [-0.15, -0.1) is 0 Å². The maximum atomic E-state index is 14.0. The Kier molecular flexibility index (Phi) is 6.90. The Morgan fingerprint density at radius 2 is 1.68 bits per heavy atom. The third-order valence-corrected chi connectivity index (χ3v) is 4.28. The average Bonchev–Trinajstić information content (AvgIpc) is 2.67. The van der Waals surface area contributed by atoms with Crippen molar-refractivity contribution in [2.75, 3.05) is 6.61 Å². The summed E-state index contributed by atoms with van der Waals surface area (Å²) in [5.74, 6) is -20.4. The molecule has 0 saturated heterocycles. The number of alkyl halides is 9. The van der Waals surface area contributed by atoms with Gasteiger partial charge in [-0.05, 0) is 25.1 Å². The Hall–Kier alpha value is -2.42. The molecule has 0 bridgehead atoms. The number of hydrogen-bond donors (Lipinski definition) is 0. The van der Waals surface area contributed by atoms with Gasteiger partial charge >= 0.3 is 23.9 Å². The third-order valence-electron chi connectivity index (χ3n) is 3.70. The lowest BCUT2D eigenvalue weighted by Crippen LogP contribution is -2.59. The van der Waals surface area contributed by atoms with Crippen LogP contribution in [0, 0.1) is 0 Å². The van der Waals surface area contributed by atoms with Gasteiger partial charge in [-0.2, -0.15) is 39.5 Å². The lowest BCUT2D eigenvalue weighted by molar-refractivity contribution is -0.399. The van der Waals surface area contributed by atoms with Gasteiger partial charge in [0.25, 0.3) is 5.56 Å². The van der Waals surface area contributed by atoms with E-state index in [0.29, 0.717) is 23.1 Å². The van der Waals surface area contributed by atoms with Crippen molar-refractivity contribution in [2.45, 2.75) is 30.9 Å². The minimum absolute atomic E-state index is 0.0932. The Labute approximate surface area is 172 Å². The van der Waals surface area contributed by atoms with Gasteiger partial charge in [0.2, 0.25) is 12.3 Å². The van der Waals surface area contributed by atoms with Crippen molar-refractivity contribution in [3.8, 4) is 11.6 Å². The highest BCUT2D eigenvalue weighted by atomic mass is 32.2. The van der Waals surface area contributed by atoms with E-state index in [2.05, 4.69) is 4.98 Å². The topological polar surface area (TPSA) is 53.4 Å². The number of rotatable bonds is 8. The van der Waals surface area contributed by atoms with Crippen LogP contribution in [0.2, 0.25) is 0 Å². The van der Waals surface area contributed by atoms with Crippen molar-refractivity contribution in [1.82, 2.24) is 9.55 Å². The van der Waals surface area contributed by atoms with Crippen LogP contribution < -0.4 is 9.74 Å². The molecule has 2 aromatic rings. The molecule has 0 spiro atoms. The van der Waals surface area contributed by atoms with Crippen LogP contribution >= 0.6 is 12.3 Å². The van der Waals surface area contributed by atoms with E-state index in [0.717, 1.165) is 6.20 Å². The SMILES string of the molecule is CCOSOc1cccnc1-n1ccc(C(F)(F)C(F)(F)C(F)(F)C(F)(F)F)cc1=O. The molecule has 0 aliphatic heterocycles. The van der Waals surface area contributed by atoms with Gasteiger partial charge < -0.3 is 4.18 Å². The van der Waals surface area contributed by atoms with E-state index in [1.165, 1.54) is 12.1 Å². The van der Waals surface area contributed by atoms with Gasteiger partial charge in [0.1, 0.15) is 0 Å². The van der Waals surface area contributed by atoms with Gasteiger partial charge in [-0.25, -0.2) is 4.98 Å². The summed E-state index contributed by atoms with van der Waals surface area (Å²) in [6.45, 7) is 1.85. The van der Waals surface area contributed by atoms with Gasteiger partial charge in [0, 0.05) is 24.0 Å². The molecule has 0 amide bonds. The van der Waals surface area contributed by atoms with Crippen molar-refractivity contribution in [1.29, 1.82) is 0 Å². The first-order valence-electron chi connectivity index (χ1n) is 8.03. The molecule has 0 unspecified atom stereocenters. The van der Waals surface area contributed by atoms with Crippen molar-refractivity contribution >= 4 is 12.3 Å². The smallest absolute Gasteiger partial charge is 0.396 e. The van der Waals surface area contributed by atoms with Gasteiger partial charge in [0.05, 0.1) is 6.61 Å². The molecule has 0 N–H and O–H groups in total. The number of halogens is 9. The molecule has 2 aromatic heterocycles. The molecule has 31 heavy (non-hydrogen) atoms. The molecule has 0 radical (unpaired) electrons. The molecule has 0 aliphatic rings. The summed E-state index contributed by atoms with van der Waals surface area (Å²) >= 11 is 0.472. The van der Waals surface area contributed by atoms with Crippen LogP contribution in [0.5, 0.6) is 5.75 Å². The summed E-state index contributed by atoms with van der Waals surface area (Å²) in [6, 6.07) is 2.53. The molecule has 0 atom stereocenters. The zero-order chi connectivity index (χ0) is 23.7. The van der Waals surface area contributed by atoms with E-state index in [4.69, 9.17) is 8.37 Å². The fourth-order valence-corrected chi connectivity index (χ4v) is 2.49. The largest absolute Gasteiger partial charge is 0.460 e. The van der Waals surface area contributed by atoms with Crippen molar-refractivity contribution < 1.29 is 47.9 Å². The molecular formula is C16H11F9N2O3S. The van der Waals surface area contributed by atoms with Gasteiger partial charge in [-0.3, -0.25) is 13.5 Å². The molecule has 2 rings (SSSR count). The first-order valence-corrected chi connectivity index (χ1v) is 8.70. The summed E-state index contributed by atoms with van der Waals surface area (Å²) in [6.07, 6.45) is -5.36. The number of nitrogens with zero attached hydrogens (tertiary/aromatic N) is 2. The van der Waals surface area contributed by atoms with Crippen LogP contribution in [0.4, 0.5) is 39.5 Å². The standard InChI is InChI=1S/C16H11F9N2O3S/c1-2-29-31-30-10-4-3-6-26-12(10)27-7-5-9(8-11(27)28)13(17,18)14(19,20)15(21,22)16(23,24)25/h3-8H,2H2,1H3. The molecule has 0 aromatic carbocycles. The molecule has 2 heterocycles. The lowest BCUT2D eigenvalue weighted by atomic mass is 9.97. The summed E-state index contributed by atoms with van der Waals surface area (Å²) in [5, 5.41) is 0. The van der Waals surface area contributed by atoms with Crippen LogP contribution in [0.3, 0.4) is 0 Å². The van der Waals surface area contributed by atoms with Crippen LogP contribution in [0.15, 0.2) is 41.5 Å². The summed E-state index contributed by atoms with van der Waals surface area (Å²) in [5.41, 5.74) is -3.53. The van der Waals surface area contributed by atoms with E-state index < -0.39 is 35.1 Å². The quantitative estimate of drug-likeness (QED) is 0.297. The third kappa shape index (κ3) is 4.46. The second-order valence-electron chi connectivity index (χ2n) is 5.73. The predicted octanol–water partition coefficient (Wildman–Crippen LogP) is 5.14. The minimum Gasteiger partial charge on any atom is -0.396 e. The Morgan fingerprint density at radius 3 is 2.23 bits per heavy atom. The number of hydrogen-bond acceptors (Lipinski definition) is 5. The van der Waals surface area contributed by atoms with Crippen molar-refractivity contribution in [2.24, 2.45) is 0 Å². The van der Waals surface area contributed by atoms with Gasteiger partial charge in [0.15, 0.2) is 11.6 Å². The Bertz CT molecular complexity index is 979. The summed E-state index contributed by atoms with van der Waals surface area (Å²) in [7, 11) is 0. The van der Waals surface area contributed by atoms with Crippen molar-refractivity contribution in [3.05, 3.63) is 52.6 Å². The maximum absolute atomic E-state index is 14.0. The monoisotopic (exact) mass is 482 g/mol. The highest BCUT2D eigenvalue weighted by Gasteiger charge is 2.82. The second kappa shape index (κ2) is 8.61. The summed E-state index contributed by atoms with van der Waals surface area (Å²) in [4.78, 5) is 15.9. The molecule has 15 heteroatoms. The van der Waals surface area contributed by atoms with E-state index >= 15 is 0 Å². The first kappa shape index (κ1) is 24.8. The number of pyridine rings is 2.